The molecule has 0 spiro atoms. The van der Waals surface area contributed by atoms with Crippen LogP contribution in [0, 0.1) is 0 Å². The van der Waals surface area contributed by atoms with Crippen LogP contribution in [0.5, 0.6) is 0 Å². The highest BCUT2D eigenvalue weighted by Gasteiger charge is 2.19. The SMILES string of the molecule is C/C(=C\C(=O)O)c1ccc2c(ccn2C(c2ccccc2)c2ccccn2)c1. The standard InChI is InChI=1S/C24H20N2O2/c1-17(15-23(27)28)19-10-11-22-20(16-19)12-14-26(22)24(18-7-3-2-4-8-18)21-9-5-6-13-25-21/h2-16,24H,1H3,(H,27,28)/b17-15+. The van der Waals surface area contributed by atoms with Gasteiger partial charge >= 0.3 is 5.97 Å². The summed E-state index contributed by atoms with van der Waals surface area (Å²) in [6.45, 7) is 1.81. The zero-order valence-corrected chi connectivity index (χ0v) is 15.5. The Morgan fingerprint density at radius 2 is 1.82 bits per heavy atom. The number of rotatable bonds is 5. The van der Waals surface area contributed by atoms with Gasteiger partial charge in [0, 0.05) is 29.4 Å². The van der Waals surface area contributed by atoms with Crippen LogP contribution in [0.2, 0.25) is 0 Å². The number of hydrogen-bond donors (Lipinski definition) is 1. The minimum atomic E-state index is -0.936. The molecule has 0 amide bonds. The molecule has 2 heterocycles. The molecule has 4 rings (SSSR count). The number of pyridine rings is 1. The quantitative estimate of drug-likeness (QED) is 0.495. The van der Waals surface area contributed by atoms with Gasteiger partial charge in [0.1, 0.15) is 6.04 Å². The van der Waals surface area contributed by atoms with Gasteiger partial charge in [-0.05, 0) is 54.0 Å². The van der Waals surface area contributed by atoms with E-state index in [-0.39, 0.29) is 6.04 Å². The average Bonchev–Trinajstić information content (AvgIpc) is 3.12. The third kappa shape index (κ3) is 3.45. The fourth-order valence-corrected chi connectivity index (χ4v) is 3.55. The lowest BCUT2D eigenvalue weighted by Gasteiger charge is -2.20. The molecule has 4 aromatic rings. The Labute approximate surface area is 163 Å². The Morgan fingerprint density at radius 1 is 1.04 bits per heavy atom. The fourth-order valence-electron chi connectivity index (χ4n) is 3.55. The van der Waals surface area contributed by atoms with Gasteiger partial charge in [0.25, 0.3) is 0 Å². The lowest BCUT2D eigenvalue weighted by molar-refractivity contribution is -0.131. The van der Waals surface area contributed by atoms with Crippen LogP contribution in [0.15, 0.2) is 91.3 Å². The van der Waals surface area contributed by atoms with Crippen LogP contribution in [-0.2, 0) is 4.79 Å². The maximum atomic E-state index is 11.0. The number of nitrogens with zero attached hydrogens (tertiary/aromatic N) is 2. The van der Waals surface area contributed by atoms with Crippen LogP contribution < -0.4 is 0 Å². The topological polar surface area (TPSA) is 55.1 Å². The van der Waals surface area contributed by atoms with Crippen LogP contribution >= 0.6 is 0 Å². The Balaban J connectivity index is 1.85. The number of aliphatic carboxylic acids is 1. The summed E-state index contributed by atoms with van der Waals surface area (Å²) in [5.41, 5.74) is 4.83. The molecular formula is C24H20N2O2. The molecular weight excluding hydrogens is 348 g/mol. The van der Waals surface area contributed by atoms with Crippen LogP contribution in [0.25, 0.3) is 16.5 Å². The molecule has 0 radical (unpaired) electrons. The van der Waals surface area contributed by atoms with Crippen molar-refractivity contribution in [1.82, 2.24) is 9.55 Å². The van der Waals surface area contributed by atoms with Gasteiger partial charge in [-0.25, -0.2) is 4.79 Å². The van der Waals surface area contributed by atoms with Gasteiger partial charge in [-0.2, -0.15) is 0 Å². The lowest BCUT2D eigenvalue weighted by atomic mass is 10.0. The Hall–Kier alpha value is -3.66. The summed E-state index contributed by atoms with van der Waals surface area (Å²) in [5, 5.41) is 10.1. The van der Waals surface area contributed by atoms with E-state index in [1.807, 2.05) is 67.7 Å². The molecule has 1 atom stereocenters. The first-order chi connectivity index (χ1) is 13.6. The third-order valence-corrected chi connectivity index (χ3v) is 4.88. The van der Waals surface area contributed by atoms with Crippen molar-refractivity contribution < 1.29 is 9.90 Å². The van der Waals surface area contributed by atoms with Crippen molar-refractivity contribution in [1.29, 1.82) is 0 Å². The number of benzene rings is 2. The first-order valence-electron chi connectivity index (χ1n) is 9.11. The van der Waals surface area contributed by atoms with E-state index in [9.17, 15) is 4.79 Å². The highest BCUT2D eigenvalue weighted by Crippen LogP contribution is 2.31. The third-order valence-electron chi connectivity index (χ3n) is 4.88. The van der Waals surface area contributed by atoms with Gasteiger partial charge in [0.05, 0.1) is 5.69 Å². The van der Waals surface area contributed by atoms with E-state index in [4.69, 9.17) is 5.11 Å². The molecule has 0 fully saturated rings. The normalized spacial score (nSPS) is 12.8. The molecule has 2 aromatic heterocycles. The van der Waals surface area contributed by atoms with Gasteiger partial charge < -0.3 is 9.67 Å². The molecule has 4 nitrogen and oxygen atoms in total. The van der Waals surface area contributed by atoms with Crippen molar-refractivity contribution in [2.24, 2.45) is 0 Å². The van der Waals surface area contributed by atoms with Crippen molar-refractivity contribution >= 4 is 22.4 Å². The number of hydrogen-bond acceptors (Lipinski definition) is 2. The van der Waals surface area contributed by atoms with E-state index < -0.39 is 5.97 Å². The molecule has 0 saturated carbocycles. The van der Waals surface area contributed by atoms with Gasteiger partial charge in [0.15, 0.2) is 0 Å². The second kappa shape index (κ2) is 7.53. The van der Waals surface area contributed by atoms with Crippen molar-refractivity contribution in [2.45, 2.75) is 13.0 Å². The van der Waals surface area contributed by atoms with Gasteiger partial charge in [-0.1, -0.05) is 42.5 Å². The van der Waals surface area contributed by atoms with Crippen LogP contribution in [0.3, 0.4) is 0 Å². The lowest BCUT2D eigenvalue weighted by Crippen LogP contribution is -2.12. The molecule has 4 heteroatoms. The highest BCUT2D eigenvalue weighted by atomic mass is 16.4. The van der Waals surface area contributed by atoms with E-state index in [1.165, 1.54) is 6.08 Å². The maximum absolute atomic E-state index is 11.0. The van der Waals surface area contributed by atoms with Crippen LogP contribution in [-0.4, -0.2) is 20.6 Å². The van der Waals surface area contributed by atoms with Gasteiger partial charge in [0.2, 0.25) is 0 Å². The monoisotopic (exact) mass is 368 g/mol. The van der Waals surface area contributed by atoms with Gasteiger partial charge in [-0.15, -0.1) is 0 Å². The number of fused-ring (bicyclic) bond motifs is 1. The maximum Gasteiger partial charge on any atom is 0.328 e. The highest BCUT2D eigenvalue weighted by molar-refractivity contribution is 5.92. The summed E-state index contributed by atoms with van der Waals surface area (Å²) in [4.78, 5) is 15.6. The van der Waals surface area contributed by atoms with Crippen LogP contribution in [0.4, 0.5) is 0 Å². The van der Waals surface area contributed by atoms with E-state index in [1.54, 1.807) is 0 Å². The predicted octanol–water partition coefficient (Wildman–Crippen LogP) is 5.16. The predicted molar refractivity (Wildman–Crippen MR) is 111 cm³/mol. The van der Waals surface area contributed by atoms with Crippen molar-refractivity contribution in [3.8, 4) is 0 Å². The van der Waals surface area contributed by atoms with E-state index in [0.29, 0.717) is 0 Å². The molecule has 28 heavy (non-hydrogen) atoms. The number of carboxylic acids is 1. The molecule has 138 valence electrons. The number of carboxylic acid groups (broad SMARTS) is 1. The van der Waals surface area contributed by atoms with Crippen LogP contribution in [0.1, 0.15) is 29.8 Å². The summed E-state index contributed by atoms with van der Waals surface area (Å²) in [6, 6.07) is 24.3. The number of allylic oxidation sites excluding steroid dienone is 1. The summed E-state index contributed by atoms with van der Waals surface area (Å²) >= 11 is 0. The average molecular weight is 368 g/mol. The van der Waals surface area contributed by atoms with Crippen molar-refractivity contribution in [3.05, 3.63) is 108 Å². The van der Waals surface area contributed by atoms with E-state index in [0.717, 1.165) is 33.3 Å². The first-order valence-corrected chi connectivity index (χ1v) is 9.11. The number of aromatic nitrogens is 2. The Bertz CT molecular complexity index is 1110. The summed E-state index contributed by atoms with van der Waals surface area (Å²) in [7, 11) is 0. The summed E-state index contributed by atoms with van der Waals surface area (Å²) in [5.74, 6) is -0.936. The fraction of sp³-hybridized carbons (Fsp3) is 0.0833. The second-order valence-corrected chi connectivity index (χ2v) is 6.73. The zero-order valence-electron chi connectivity index (χ0n) is 15.5. The molecule has 1 N–H and O–H groups in total. The van der Waals surface area contributed by atoms with Gasteiger partial charge in [-0.3, -0.25) is 4.98 Å². The molecule has 0 aliphatic carbocycles. The summed E-state index contributed by atoms with van der Waals surface area (Å²) in [6.07, 6.45) is 5.12. The van der Waals surface area contributed by atoms with Crippen molar-refractivity contribution in [3.63, 3.8) is 0 Å². The summed E-state index contributed by atoms with van der Waals surface area (Å²) < 4.78 is 2.22. The second-order valence-electron chi connectivity index (χ2n) is 6.73. The molecule has 0 bridgehead atoms. The van der Waals surface area contributed by atoms with Crippen molar-refractivity contribution in [2.75, 3.05) is 0 Å². The molecule has 2 aromatic carbocycles. The Morgan fingerprint density at radius 3 is 2.54 bits per heavy atom. The largest absolute Gasteiger partial charge is 0.478 e. The van der Waals surface area contributed by atoms with E-state index in [2.05, 4.69) is 33.9 Å². The number of carbonyl (C=O) groups is 1. The molecule has 0 saturated heterocycles. The first kappa shape index (κ1) is 17.7. The Kier molecular flexibility index (Phi) is 4.77. The molecule has 1 unspecified atom stereocenters. The zero-order chi connectivity index (χ0) is 19.5. The molecule has 0 aliphatic rings. The minimum Gasteiger partial charge on any atom is -0.478 e. The smallest absolute Gasteiger partial charge is 0.328 e. The minimum absolute atomic E-state index is 0.0404. The van der Waals surface area contributed by atoms with E-state index >= 15 is 0 Å². The molecule has 0 aliphatic heterocycles.